The van der Waals surface area contributed by atoms with Crippen LogP contribution in [0.4, 0.5) is 5.82 Å². The second-order valence-corrected chi connectivity index (χ2v) is 10.9. The van der Waals surface area contributed by atoms with Gasteiger partial charge in [0.05, 0.1) is 30.5 Å². The molecule has 0 amide bonds. The van der Waals surface area contributed by atoms with E-state index in [1.807, 2.05) is 44.2 Å². The standard InChI is InChI=1S/C31H35N5O3/c1-20-29(21(2)39-34-20)24-9-10-26-25(18-24)31(36-15-16-38-19-27(36)23-7-5-4-6-8-23)33-30(32-26)28(37)17-22-11-13-35(3)14-12-22/h4-10,18,22,27H,11-17,19H2,1-3H3/t27-/m1/s1. The number of hydrogen-bond acceptors (Lipinski definition) is 8. The van der Waals surface area contributed by atoms with Gasteiger partial charge in [0, 0.05) is 23.9 Å². The van der Waals surface area contributed by atoms with Crippen molar-refractivity contribution in [1.82, 2.24) is 20.0 Å². The Kier molecular flexibility index (Phi) is 7.14. The van der Waals surface area contributed by atoms with Crippen LogP contribution >= 0.6 is 0 Å². The number of rotatable bonds is 6. The fourth-order valence-corrected chi connectivity index (χ4v) is 5.93. The van der Waals surface area contributed by atoms with Crippen LogP contribution in [0, 0.1) is 19.8 Å². The Bertz CT molecular complexity index is 1460. The van der Waals surface area contributed by atoms with E-state index < -0.39 is 0 Å². The first-order chi connectivity index (χ1) is 19.0. The molecular formula is C31H35N5O3. The number of hydrogen-bond donors (Lipinski definition) is 0. The zero-order valence-corrected chi connectivity index (χ0v) is 22.9. The van der Waals surface area contributed by atoms with Gasteiger partial charge in [0.15, 0.2) is 11.6 Å². The SMILES string of the molecule is Cc1noc(C)c1-c1ccc2nc(C(=O)CC3CCN(C)CC3)nc(N3CCOC[C@@H]3c3ccccc3)c2c1. The molecule has 1 atom stereocenters. The lowest BCUT2D eigenvalue weighted by Gasteiger charge is -2.37. The highest BCUT2D eigenvalue weighted by molar-refractivity contribution is 5.99. The van der Waals surface area contributed by atoms with E-state index in [1.54, 1.807) is 0 Å². The number of aromatic nitrogens is 3. The van der Waals surface area contributed by atoms with Crippen molar-refractivity contribution in [2.45, 2.75) is 39.2 Å². The summed E-state index contributed by atoms with van der Waals surface area (Å²) in [6.45, 7) is 7.75. The van der Waals surface area contributed by atoms with E-state index >= 15 is 0 Å². The molecule has 2 fully saturated rings. The van der Waals surface area contributed by atoms with E-state index in [2.05, 4.69) is 40.2 Å². The molecule has 0 saturated carbocycles. The second kappa shape index (κ2) is 10.9. The Morgan fingerprint density at radius 2 is 1.82 bits per heavy atom. The molecule has 0 radical (unpaired) electrons. The average molecular weight is 526 g/mol. The van der Waals surface area contributed by atoms with Crippen molar-refractivity contribution >= 4 is 22.5 Å². The van der Waals surface area contributed by atoms with E-state index in [-0.39, 0.29) is 11.8 Å². The Balaban J connectivity index is 1.45. The summed E-state index contributed by atoms with van der Waals surface area (Å²) in [5, 5.41) is 5.06. The molecule has 8 heteroatoms. The Hall–Kier alpha value is -3.62. The van der Waals surface area contributed by atoms with Gasteiger partial charge in [0.1, 0.15) is 11.6 Å². The second-order valence-electron chi connectivity index (χ2n) is 10.9. The van der Waals surface area contributed by atoms with Gasteiger partial charge < -0.3 is 19.1 Å². The Morgan fingerprint density at radius 3 is 2.56 bits per heavy atom. The summed E-state index contributed by atoms with van der Waals surface area (Å²) in [5.41, 5.74) is 4.74. The number of nitrogens with zero attached hydrogens (tertiary/aromatic N) is 5. The summed E-state index contributed by atoms with van der Waals surface area (Å²) in [4.78, 5) is 28.0. The van der Waals surface area contributed by atoms with Crippen LogP contribution < -0.4 is 4.90 Å². The molecule has 0 unspecified atom stereocenters. The van der Waals surface area contributed by atoms with Crippen molar-refractivity contribution in [3.05, 3.63) is 71.4 Å². The smallest absolute Gasteiger partial charge is 0.200 e. The number of morpholine rings is 1. The molecule has 0 spiro atoms. The van der Waals surface area contributed by atoms with Gasteiger partial charge in [-0.3, -0.25) is 4.79 Å². The average Bonchev–Trinajstić information content (AvgIpc) is 3.31. The van der Waals surface area contributed by atoms with Crippen molar-refractivity contribution in [3.63, 3.8) is 0 Å². The largest absolute Gasteiger partial charge is 0.377 e. The molecule has 4 heterocycles. The van der Waals surface area contributed by atoms with E-state index in [4.69, 9.17) is 19.2 Å². The van der Waals surface area contributed by atoms with Crippen LogP contribution in [0.1, 0.15) is 52.9 Å². The summed E-state index contributed by atoms with van der Waals surface area (Å²) in [5.74, 6) is 2.25. The molecule has 39 heavy (non-hydrogen) atoms. The predicted molar refractivity (Wildman–Crippen MR) is 151 cm³/mol. The zero-order chi connectivity index (χ0) is 26.9. The Labute approximate surface area is 229 Å². The molecule has 0 aliphatic carbocycles. The molecule has 2 saturated heterocycles. The minimum Gasteiger partial charge on any atom is -0.377 e. The van der Waals surface area contributed by atoms with Crippen LogP contribution in [0.25, 0.3) is 22.0 Å². The van der Waals surface area contributed by atoms with Crippen LogP contribution in [0.15, 0.2) is 53.1 Å². The molecule has 6 rings (SSSR count). The number of anilines is 1. The van der Waals surface area contributed by atoms with Gasteiger partial charge in [-0.1, -0.05) is 41.6 Å². The summed E-state index contributed by atoms with van der Waals surface area (Å²) in [7, 11) is 2.14. The minimum absolute atomic E-state index is 0.0161. The molecular weight excluding hydrogens is 490 g/mol. The normalized spacial score (nSPS) is 19.1. The number of ketones is 1. The van der Waals surface area contributed by atoms with E-state index in [9.17, 15) is 4.79 Å². The third-order valence-corrected chi connectivity index (χ3v) is 8.14. The number of carbonyl (C=O) groups excluding carboxylic acids is 1. The maximum atomic E-state index is 13.6. The van der Waals surface area contributed by atoms with Gasteiger partial charge in [-0.05, 0) is 76.0 Å². The van der Waals surface area contributed by atoms with Crippen LogP contribution in [-0.4, -0.2) is 65.7 Å². The topological polar surface area (TPSA) is 84.6 Å². The lowest BCUT2D eigenvalue weighted by Crippen LogP contribution is -2.40. The molecule has 2 aromatic carbocycles. The fourth-order valence-electron chi connectivity index (χ4n) is 5.93. The van der Waals surface area contributed by atoms with E-state index in [1.165, 1.54) is 0 Å². The molecule has 0 bridgehead atoms. The Morgan fingerprint density at radius 1 is 1.03 bits per heavy atom. The fraction of sp³-hybridized carbons (Fsp3) is 0.419. The van der Waals surface area contributed by atoms with Gasteiger partial charge in [-0.2, -0.15) is 0 Å². The molecule has 0 N–H and O–H groups in total. The first-order valence-corrected chi connectivity index (χ1v) is 13.8. The van der Waals surface area contributed by atoms with Crippen molar-refractivity contribution < 1.29 is 14.1 Å². The number of fused-ring (bicyclic) bond motifs is 1. The van der Waals surface area contributed by atoms with Crippen LogP contribution in [0.3, 0.4) is 0 Å². The van der Waals surface area contributed by atoms with E-state index in [0.29, 0.717) is 37.9 Å². The molecule has 2 aliphatic rings. The number of benzene rings is 2. The van der Waals surface area contributed by atoms with Crippen LogP contribution in [0.2, 0.25) is 0 Å². The van der Waals surface area contributed by atoms with Crippen molar-refractivity contribution in [2.24, 2.45) is 5.92 Å². The van der Waals surface area contributed by atoms with Crippen molar-refractivity contribution in [2.75, 3.05) is 44.8 Å². The van der Waals surface area contributed by atoms with Gasteiger partial charge in [0.25, 0.3) is 0 Å². The lowest BCUT2D eigenvalue weighted by molar-refractivity contribution is 0.0921. The molecule has 2 aromatic heterocycles. The predicted octanol–water partition coefficient (Wildman–Crippen LogP) is 5.39. The highest BCUT2D eigenvalue weighted by Gasteiger charge is 2.30. The first kappa shape index (κ1) is 25.6. The summed E-state index contributed by atoms with van der Waals surface area (Å²) < 4.78 is 11.4. The van der Waals surface area contributed by atoms with Crippen LogP contribution in [-0.2, 0) is 4.74 Å². The number of carbonyl (C=O) groups is 1. The van der Waals surface area contributed by atoms with Crippen molar-refractivity contribution in [3.8, 4) is 11.1 Å². The number of likely N-dealkylation sites (tertiary alicyclic amines) is 1. The first-order valence-electron chi connectivity index (χ1n) is 13.8. The minimum atomic E-state index is -0.0161. The zero-order valence-electron chi connectivity index (χ0n) is 22.9. The summed E-state index contributed by atoms with van der Waals surface area (Å²) in [6.07, 6.45) is 2.55. The molecule has 2 aliphatic heterocycles. The molecule has 202 valence electrons. The number of aryl methyl sites for hydroxylation is 2. The summed E-state index contributed by atoms with van der Waals surface area (Å²) >= 11 is 0. The third-order valence-electron chi connectivity index (χ3n) is 8.14. The third kappa shape index (κ3) is 5.18. The van der Waals surface area contributed by atoms with Gasteiger partial charge in [-0.15, -0.1) is 0 Å². The van der Waals surface area contributed by atoms with Gasteiger partial charge >= 0.3 is 0 Å². The quantitative estimate of drug-likeness (QED) is 0.310. The van der Waals surface area contributed by atoms with Crippen molar-refractivity contribution in [1.29, 1.82) is 0 Å². The number of ether oxygens (including phenoxy) is 1. The number of Topliss-reactive ketones (excluding diaryl/α,β-unsaturated/α-hetero) is 1. The summed E-state index contributed by atoms with van der Waals surface area (Å²) in [6, 6.07) is 16.5. The van der Waals surface area contributed by atoms with Crippen LogP contribution in [0.5, 0.6) is 0 Å². The van der Waals surface area contributed by atoms with E-state index in [0.717, 1.165) is 70.8 Å². The molecule has 8 nitrogen and oxygen atoms in total. The highest BCUT2D eigenvalue weighted by Crippen LogP contribution is 2.37. The van der Waals surface area contributed by atoms with Gasteiger partial charge in [0.2, 0.25) is 0 Å². The molecule has 4 aromatic rings. The highest BCUT2D eigenvalue weighted by atomic mass is 16.5. The lowest BCUT2D eigenvalue weighted by atomic mass is 9.91. The maximum Gasteiger partial charge on any atom is 0.200 e. The number of piperidine rings is 1. The monoisotopic (exact) mass is 525 g/mol. The maximum absolute atomic E-state index is 13.6. The van der Waals surface area contributed by atoms with Gasteiger partial charge in [-0.25, -0.2) is 9.97 Å².